The molecule has 0 saturated carbocycles. The van der Waals surface area contributed by atoms with E-state index < -0.39 is 0 Å². The second-order valence-electron chi connectivity index (χ2n) is 14.1. The van der Waals surface area contributed by atoms with E-state index in [-0.39, 0.29) is 0 Å². The second-order valence-corrected chi connectivity index (χ2v) is 14.1. The van der Waals surface area contributed by atoms with E-state index in [0.717, 1.165) is 33.1 Å². The van der Waals surface area contributed by atoms with Crippen LogP contribution in [0.2, 0.25) is 0 Å². The zero-order valence-electron chi connectivity index (χ0n) is 29.4. The first kappa shape index (κ1) is 30.5. The van der Waals surface area contributed by atoms with Crippen molar-refractivity contribution >= 4 is 64.8 Å². The van der Waals surface area contributed by atoms with Crippen LogP contribution in [0.5, 0.6) is 0 Å². The predicted octanol–water partition coefficient (Wildman–Crippen LogP) is 14.1. The summed E-state index contributed by atoms with van der Waals surface area (Å²) in [5, 5.41) is 13.3. The quantitative estimate of drug-likeness (QED) is 0.172. The average molecular weight is 685 g/mol. The van der Waals surface area contributed by atoms with Gasteiger partial charge in [-0.2, -0.15) is 0 Å². The first-order valence-electron chi connectivity index (χ1n) is 18.5. The second kappa shape index (κ2) is 12.2. The van der Waals surface area contributed by atoms with Crippen molar-refractivity contribution < 1.29 is 0 Å². The van der Waals surface area contributed by atoms with Crippen molar-refractivity contribution in [3.05, 3.63) is 194 Å². The molecule has 0 bridgehead atoms. The zero-order valence-corrected chi connectivity index (χ0v) is 29.4. The van der Waals surface area contributed by atoms with Gasteiger partial charge < -0.3 is 0 Å². The highest BCUT2D eigenvalue weighted by Crippen LogP contribution is 2.45. The van der Waals surface area contributed by atoms with Crippen molar-refractivity contribution in [2.24, 2.45) is 0 Å². The third-order valence-corrected chi connectivity index (χ3v) is 11.1. The van der Waals surface area contributed by atoms with Crippen LogP contribution >= 0.6 is 0 Å². The number of hydrogen-bond acceptors (Lipinski definition) is 2. The van der Waals surface area contributed by atoms with E-state index in [1.807, 2.05) is 12.4 Å². The molecule has 0 aliphatic heterocycles. The normalized spacial score (nSPS) is 11.7. The highest BCUT2D eigenvalue weighted by molar-refractivity contribution is 6.21. The third kappa shape index (κ3) is 4.81. The molecule has 0 aliphatic carbocycles. The summed E-state index contributed by atoms with van der Waals surface area (Å²) in [6, 6.07) is 66.3. The first-order valence-corrected chi connectivity index (χ1v) is 18.5. The van der Waals surface area contributed by atoms with Gasteiger partial charge >= 0.3 is 0 Å². The lowest BCUT2D eigenvalue weighted by atomic mass is 9.87. The van der Waals surface area contributed by atoms with Crippen LogP contribution < -0.4 is 0 Å². The van der Waals surface area contributed by atoms with Gasteiger partial charge in [0, 0.05) is 28.7 Å². The summed E-state index contributed by atoms with van der Waals surface area (Å²) in [5.41, 5.74) is 10.2. The van der Waals surface area contributed by atoms with Crippen LogP contribution in [0.3, 0.4) is 0 Å². The fourth-order valence-electron chi connectivity index (χ4n) is 8.58. The predicted molar refractivity (Wildman–Crippen MR) is 229 cm³/mol. The highest BCUT2D eigenvalue weighted by Gasteiger charge is 2.19. The number of rotatable bonds is 4. The molecule has 0 amide bonds. The van der Waals surface area contributed by atoms with Crippen LogP contribution in [0.4, 0.5) is 0 Å². The summed E-state index contributed by atoms with van der Waals surface area (Å²) < 4.78 is 0. The van der Waals surface area contributed by atoms with Crippen molar-refractivity contribution in [3.63, 3.8) is 0 Å². The van der Waals surface area contributed by atoms with Crippen LogP contribution in [0.25, 0.3) is 109 Å². The summed E-state index contributed by atoms with van der Waals surface area (Å²) in [7, 11) is 0. The van der Waals surface area contributed by atoms with Gasteiger partial charge in [0.2, 0.25) is 0 Å². The van der Waals surface area contributed by atoms with Gasteiger partial charge in [0.15, 0.2) is 0 Å². The molecule has 9 aromatic carbocycles. The molecule has 0 atom stereocenters. The van der Waals surface area contributed by atoms with Gasteiger partial charge in [-0.1, -0.05) is 146 Å². The van der Waals surface area contributed by atoms with Gasteiger partial charge in [-0.15, -0.1) is 0 Å². The lowest BCUT2D eigenvalue weighted by molar-refractivity contribution is 1.33. The molecular formula is C52H32N2. The summed E-state index contributed by atoms with van der Waals surface area (Å²) >= 11 is 0. The number of pyridine rings is 2. The molecule has 0 saturated heterocycles. The molecule has 0 spiro atoms. The van der Waals surface area contributed by atoms with E-state index in [2.05, 4.69) is 187 Å². The molecule has 2 heterocycles. The van der Waals surface area contributed by atoms with E-state index in [0.29, 0.717) is 0 Å². The van der Waals surface area contributed by atoms with Gasteiger partial charge in [-0.05, 0) is 118 Å². The highest BCUT2D eigenvalue weighted by atomic mass is 14.7. The summed E-state index contributed by atoms with van der Waals surface area (Å²) in [6.45, 7) is 0. The molecule has 0 fully saturated rings. The van der Waals surface area contributed by atoms with E-state index in [9.17, 15) is 0 Å². The maximum absolute atomic E-state index is 5.64. The van der Waals surface area contributed by atoms with E-state index in [1.54, 1.807) is 0 Å². The van der Waals surface area contributed by atoms with Crippen LogP contribution in [-0.4, -0.2) is 9.97 Å². The Hall–Kier alpha value is -7.16. The van der Waals surface area contributed by atoms with E-state index >= 15 is 0 Å². The minimum atomic E-state index is 0.969. The molecule has 0 radical (unpaired) electrons. The molecule has 0 aliphatic rings. The number of nitrogens with zero attached hydrogens (tertiary/aromatic N) is 2. The third-order valence-electron chi connectivity index (χ3n) is 11.1. The van der Waals surface area contributed by atoms with Crippen LogP contribution in [-0.2, 0) is 0 Å². The van der Waals surface area contributed by atoms with Crippen molar-refractivity contribution in [1.82, 2.24) is 9.97 Å². The molecule has 54 heavy (non-hydrogen) atoms. The SMILES string of the molecule is c1ccc2c(c1)cc(-c1cc(-c3cc4ccccc4c4ccccc34)c3cc(-c4ccc(-c5ccncc5)cc4)c4ccccc4c3n1)c1ccccc12. The Kier molecular flexibility index (Phi) is 6.90. The Bertz CT molecular complexity index is 3250. The van der Waals surface area contributed by atoms with Gasteiger partial charge in [0.1, 0.15) is 0 Å². The molecule has 2 aromatic heterocycles. The Labute approximate surface area is 312 Å². The summed E-state index contributed by atoms with van der Waals surface area (Å²) in [4.78, 5) is 9.86. The van der Waals surface area contributed by atoms with Gasteiger partial charge in [-0.3, -0.25) is 4.98 Å². The van der Waals surface area contributed by atoms with Gasteiger partial charge in [-0.25, -0.2) is 4.98 Å². The van der Waals surface area contributed by atoms with Gasteiger partial charge in [0.25, 0.3) is 0 Å². The molecule has 11 rings (SSSR count). The molecule has 0 unspecified atom stereocenters. The van der Waals surface area contributed by atoms with E-state index in [4.69, 9.17) is 4.98 Å². The van der Waals surface area contributed by atoms with Crippen LogP contribution in [0, 0.1) is 0 Å². The molecule has 2 nitrogen and oxygen atoms in total. The van der Waals surface area contributed by atoms with Gasteiger partial charge in [0.05, 0.1) is 11.2 Å². The number of benzene rings is 9. The minimum absolute atomic E-state index is 0.969. The lowest BCUT2D eigenvalue weighted by Gasteiger charge is -2.18. The molecule has 250 valence electrons. The molecular weight excluding hydrogens is 653 g/mol. The Morgan fingerprint density at radius 2 is 0.722 bits per heavy atom. The lowest BCUT2D eigenvalue weighted by Crippen LogP contribution is -1.95. The zero-order chi connectivity index (χ0) is 35.6. The minimum Gasteiger partial charge on any atom is -0.265 e. The molecule has 11 aromatic rings. The maximum atomic E-state index is 5.64. The van der Waals surface area contributed by atoms with Crippen molar-refractivity contribution in [2.75, 3.05) is 0 Å². The monoisotopic (exact) mass is 684 g/mol. The number of hydrogen-bond donors (Lipinski definition) is 0. The van der Waals surface area contributed by atoms with E-state index in [1.165, 1.54) is 76.3 Å². The largest absolute Gasteiger partial charge is 0.265 e. The fourth-order valence-corrected chi connectivity index (χ4v) is 8.58. The Balaban J connectivity index is 1.26. The number of fused-ring (bicyclic) bond motifs is 9. The molecule has 2 heteroatoms. The summed E-state index contributed by atoms with van der Waals surface area (Å²) in [5.74, 6) is 0. The first-order chi connectivity index (χ1) is 26.8. The smallest absolute Gasteiger partial charge is 0.0794 e. The topological polar surface area (TPSA) is 25.8 Å². The fraction of sp³-hybridized carbons (Fsp3) is 0. The van der Waals surface area contributed by atoms with Crippen LogP contribution in [0.15, 0.2) is 194 Å². The van der Waals surface area contributed by atoms with Crippen molar-refractivity contribution in [3.8, 4) is 44.6 Å². The summed E-state index contributed by atoms with van der Waals surface area (Å²) in [6.07, 6.45) is 3.69. The molecule has 0 N–H and O–H groups in total. The van der Waals surface area contributed by atoms with Crippen molar-refractivity contribution in [2.45, 2.75) is 0 Å². The van der Waals surface area contributed by atoms with Crippen molar-refractivity contribution in [1.29, 1.82) is 0 Å². The maximum Gasteiger partial charge on any atom is 0.0794 e. The average Bonchev–Trinajstić information content (AvgIpc) is 3.25. The Morgan fingerprint density at radius 3 is 1.35 bits per heavy atom. The Morgan fingerprint density at radius 1 is 0.278 bits per heavy atom. The van der Waals surface area contributed by atoms with Crippen LogP contribution in [0.1, 0.15) is 0 Å². The standard InChI is InChI=1S/C52H32N2/c1-3-13-38-36(11-1)29-47(42-17-7-5-15-40(38)42)48-32-51(49-30-37-12-2-4-14-39(37)41-16-6-8-18-43(41)49)54-52-45-20-10-9-19-44(45)46(31-50(48)52)35-23-21-33(22-24-35)34-25-27-53-28-26-34/h1-32H. The number of aromatic nitrogens is 2.